The Kier molecular flexibility index (Phi) is 3.82. The minimum atomic E-state index is -0.420. The predicted octanol–water partition coefficient (Wildman–Crippen LogP) is 0.757. The number of likely N-dealkylation sites (N-methyl/N-ethyl adjacent to an activating group) is 1. The first-order valence-electron chi connectivity index (χ1n) is 6.74. The molecule has 2 saturated heterocycles. The van der Waals surface area contributed by atoms with Gasteiger partial charge in [0, 0.05) is 38.6 Å². The number of nitrogens with zero attached hydrogens (tertiary/aromatic N) is 2. The zero-order valence-corrected chi connectivity index (χ0v) is 11.9. The summed E-state index contributed by atoms with van der Waals surface area (Å²) in [7, 11) is 2.13. The number of carbonyl (C=O) groups is 1. The molecule has 2 fully saturated rings. The van der Waals surface area contributed by atoms with Gasteiger partial charge in [-0.25, -0.2) is 4.79 Å². The maximum atomic E-state index is 12.3. The lowest BCUT2D eigenvalue weighted by atomic mass is 10.1. The average molecular weight is 255 g/mol. The quantitative estimate of drug-likeness (QED) is 0.694. The lowest BCUT2D eigenvalue weighted by molar-refractivity contribution is 0.0169. The van der Waals surface area contributed by atoms with Crippen LogP contribution in [0.25, 0.3) is 0 Å². The standard InChI is InChI=1S/C13H25N3O2/c1-13(2,3)18-12(17)16-8-10-5-14-6-11(16)9-15(4)7-10/h10-11,14H,5-9H2,1-4H3. The van der Waals surface area contributed by atoms with Crippen molar-refractivity contribution in [1.82, 2.24) is 15.1 Å². The highest BCUT2D eigenvalue weighted by molar-refractivity contribution is 5.68. The van der Waals surface area contributed by atoms with E-state index in [2.05, 4.69) is 17.3 Å². The van der Waals surface area contributed by atoms with Crippen molar-refractivity contribution in [3.05, 3.63) is 0 Å². The van der Waals surface area contributed by atoms with E-state index in [4.69, 9.17) is 4.74 Å². The second-order valence-corrected chi connectivity index (χ2v) is 6.53. The molecule has 1 N–H and O–H groups in total. The van der Waals surface area contributed by atoms with Gasteiger partial charge in [-0.3, -0.25) is 0 Å². The molecule has 0 aromatic heterocycles. The number of ether oxygens (including phenoxy) is 1. The molecule has 2 unspecified atom stereocenters. The SMILES string of the molecule is CN1CC2CNCC(C1)N(C(=O)OC(C)(C)C)C2. The van der Waals surface area contributed by atoms with Crippen LogP contribution in [0.4, 0.5) is 4.79 Å². The van der Waals surface area contributed by atoms with Crippen molar-refractivity contribution in [1.29, 1.82) is 0 Å². The summed E-state index contributed by atoms with van der Waals surface area (Å²) >= 11 is 0. The van der Waals surface area contributed by atoms with Crippen LogP contribution in [0.5, 0.6) is 0 Å². The Morgan fingerprint density at radius 1 is 1.22 bits per heavy atom. The molecule has 2 aliphatic heterocycles. The van der Waals surface area contributed by atoms with E-state index in [9.17, 15) is 4.79 Å². The van der Waals surface area contributed by atoms with Gasteiger partial charge in [0.25, 0.3) is 0 Å². The molecule has 2 heterocycles. The zero-order valence-electron chi connectivity index (χ0n) is 11.9. The molecule has 2 bridgehead atoms. The van der Waals surface area contributed by atoms with Crippen LogP contribution in [0.1, 0.15) is 20.8 Å². The number of nitrogens with one attached hydrogen (secondary N) is 1. The van der Waals surface area contributed by atoms with E-state index in [1.807, 2.05) is 25.7 Å². The minimum Gasteiger partial charge on any atom is -0.444 e. The number of fused-ring (bicyclic) bond motifs is 3. The Bertz CT molecular complexity index is 314. The van der Waals surface area contributed by atoms with Crippen LogP contribution < -0.4 is 5.32 Å². The summed E-state index contributed by atoms with van der Waals surface area (Å²) in [6.45, 7) is 10.4. The monoisotopic (exact) mass is 255 g/mol. The number of hydrogen-bond acceptors (Lipinski definition) is 4. The molecule has 18 heavy (non-hydrogen) atoms. The largest absolute Gasteiger partial charge is 0.444 e. The fourth-order valence-electron chi connectivity index (χ4n) is 2.76. The van der Waals surface area contributed by atoms with Gasteiger partial charge in [0.2, 0.25) is 0 Å². The number of rotatable bonds is 0. The third kappa shape index (κ3) is 3.36. The molecule has 0 aromatic rings. The Balaban J connectivity index is 2.09. The van der Waals surface area contributed by atoms with Crippen molar-refractivity contribution in [2.24, 2.45) is 5.92 Å². The Labute approximate surface area is 109 Å². The van der Waals surface area contributed by atoms with E-state index in [-0.39, 0.29) is 12.1 Å². The highest BCUT2D eigenvalue weighted by Gasteiger charge is 2.36. The van der Waals surface area contributed by atoms with Gasteiger partial charge >= 0.3 is 6.09 Å². The molecule has 104 valence electrons. The van der Waals surface area contributed by atoms with E-state index in [0.29, 0.717) is 5.92 Å². The van der Waals surface area contributed by atoms with Gasteiger partial charge in [0.05, 0.1) is 6.04 Å². The predicted molar refractivity (Wildman–Crippen MR) is 70.6 cm³/mol. The molecule has 0 spiro atoms. The first-order valence-corrected chi connectivity index (χ1v) is 6.74. The number of carbonyl (C=O) groups excluding carboxylic acids is 1. The van der Waals surface area contributed by atoms with Crippen LogP contribution >= 0.6 is 0 Å². The van der Waals surface area contributed by atoms with Gasteiger partial charge in [-0.15, -0.1) is 0 Å². The van der Waals surface area contributed by atoms with Crippen molar-refractivity contribution < 1.29 is 9.53 Å². The Hall–Kier alpha value is -0.810. The fourth-order valence-corrected chi connectivity index (χ4v) is 2.76. The first kappa shape index (κ1) is 13.6. The smallest absolute Gasteiger partial charge is 0.410 e. The molecule has 2 aliphatic rings. The summed E-state index contributed by atoms with van der Waals surface area (Å²) in [5.41, 5.74) is -0.420. The van der Waals surface area contributed by atoms with Crippen molar-refractivity contribution in [2.45, 2.75) is 32.4 Å². The van der Waals surface area contributed by atoms with Gasteiger partial charge in [-0.1, -0.05) is 0 Å². The van der Waals surface area contributed by atoms with E-state index in [1.54, 1.807) is 0 Å². The lowest BCUT2D eigenvalue weighted by Crippen LogP contribution is -2.49. The molecular weight excluding hydrogens is 230 g/mol. The van der Waals surface area contributed by atoms with Crippen molar-refractivity contribution >= 4 is 6.09 Å². The van der Waals surface area contributed by atoms with Crippen LogP contribution in [0, 0.1) is 5.92 Å². The third-order valence-corrected chi connectivity index (χ3v) is 3.43. The summed E-state index contributed by atoms with van der Waals surface area (Å²) < 4.78 is 5.52. The van der Waals surface area contributed by atoms with Gasteiger partial charge in [0.1, 0.15) is 5.60 Å². The fraction of sp³-hybridized carbons (Fsp3) is 0.923. The molecule has 0 aromatic carbocycles. The van der Waals surface area contributed by atoms with Crippen LogP contribution in [0.3, 0.4) is 0 Å². The van der Waals surface area contributed by atoms with Crippen LogP contribution in [-0.4, -0.2) is 67.3 Å². The Morgan fingerprint density at radius 2 is 1.94 bits per heavy atom. The summed E-state index contributed by atoms with van der Waals surface area (Å²) in [5.74, 6) is 0.495. The normalized spacial score (nSPS) is 29.9. The van der Waals surface area contributed by atoms with Gasteiger partial charge in [-0.2, -0.15) is 0 Å². The molecule has 1 amide bonds. The van der Waals surface area contributed by atoms with Gasteiger partial charge < -0.3 is 19.9 Å². The second kappa shape index (κ2) is 5.05. The third-order valence-electron chi connectivity index (χ3n) is 3.43. The van der Waals surface area contributed by atoms with Gasteiger partial charge in [-0.05, 0) is 27.8 Å². The average Bonchev–Trinajstić information content (AvgIpc) is 2.44. The molecule has 5 heteroatoms. The first-order chi connectivity index (χ1) is 8.35. The molecular formula is C13H25N3O2. The lowest BCUT2D eigenvalue weighted by Gasteiger charge is -2.32. The maximum absolute atomic E-state index is 12.3. The Morgan fingerprint density at radius 3 is 2.61 bits per heavy atom. The molecule has 5 nitrogen and oxygen atoms in total. The van der Waals surface area contributed by atoms with Crippen molar-refractivity contribution in [2.75, 3.05) is 39.8 Å². The number of amides is 1. The van der Waals surface area contributed by atoms with Gasteiger partial charge in [0.15, 0.2) is 0 Å². The molecule has 2 rings (SSSR count). The minimum absolute atomic E-state index is 0.170. The molecule has 0 saturated carbocycles. The van der Waals surface area contributed by atoms with Crippen LogP contribution in [-0.2, 0) is 4.74 Å². The van der Waals surface area contributed by atoms with E-state index < -0.39 is 5.60 Å². The summed E-state index contributed by atoms with van der Waals surface area (Å²) in [5, 5.41) is 3.44. The number of hydrogen-bond donors (Lipinski definition) is 1. The van der Waals surface area contributed by atoms with Crippen LogP contribution in [0.2, 0.25) is 0 Å². The highest BCUT2D eigenvalue weighted by atomic mass is 16.6. The van der Waals surface area contributed by atoms with E-state index in [0.717, 1.165) is 32.7 Å². The maximum Gasteiger partial charge on any atom is 0.410 e. The second-order valence-electron chi connectivity index (χ2n) is 6.53. The van der Waals surface area contributed by atoms with E-state index in [1.165, 1.54) is 0 Å². The summed E-state index contributed by atoms with van der Waals surface area (Å²) in [6, 6.07) is 0.220. The molecule has 0 radical (unpaired) electrons. The summed E-state index contributed by atoms with van der Waals surface area (Å²) in [6.07, 6.45) is -0.170. The van der Waals surface area contributed by atoms with Crippen LogP contribution in [0.15, 0.2) is 0 Å². The van der Waals surface area contributed by atoms with Crippen molar-refractivity contribution in [3.63, 3.8) is 0 Å². The zero-order chi connectivity index (χ0) is 13.3. The van der Waals surface area contributed by atoms with Crippen molar-refractivity contribution in [3.8, 4) is 0 Å². The molecule has 2 atom stereocenters. The van der Waals surface area contributed by atoms with E-state index >= 15 is 0 Å². The highest BCUT2D eigenvalue weighted by Crippen LogP contribution is 2.19. The molecule has 0 aliphatic carbocycles. The topological polar surface area (TPSA) is 44.8 Å². The summed E-state index contributed by atoms with van der Waals surface area (Å²) in [4.78, 5) is 16.5.